The Morgan fingerprint density at radius 1 is 1.16 bits per heavy atom. The van der Waals surface area contributed by atoms with Gasteiger partial charge in [-0.3, -0.25) is 0 Å². The molecule has 0 amide bonds. The fraction of sp³-hybridized carbons (Fsp3) is 0.562. The number of halogens is 2. The second kappa shape index (κ2) is 6.39. The van der Waals surface area contributed by atoms with Gasteiger partial charge in [0.25, 0.3) is 0 Å². The highest BCUT2D eigenvalue weighted by Crippen LogP contribution is 2.37. The van der Waals surface area contributed by atoms with Gasteiger partial charge in [-0.15, -0.1) is 0 Å². The molecule has 3 heteroatoms. The summed E-state index contributed by atoms with van der Waals surface area (Å²) in [5.41, 5.74) is 0.676. The molecule has 0 atom stereocenters. The van der Waals surface area contributed by atoms with Crippen LogP contribution >= 0.6 is 11.6 Å². The molecule has 1 fully saturated rings. The molecule has 102 valence electrons. The summed E-state index contributed by atoms with van der Waals surface area (Å²) in [5, 5.41) is 9.74. The highest BCUT2D eigenvalue weighted by molar-refractivity contribution is 6.30. The molecule has 2 rings (SSSR count). The van der Waals surface area contributed by atoms with Crippen LogP contribution in [-0.2, 0) is 6.42 Å². The number of rotatable bonds is 2. The molecule has 1 aromatic rings. The Balaban J connectivity index is 2.16. The van der Waals surface area contributed by atoms with E-state index in [9.17, 15) is 9.65 Å². The van der Waals surface area contributed by atoms with Gasteiger partial charge in [0, 0.05) is 0 Å². The van der Waals surface area contributed by atoms with Crippen molar-refractivity contribution >= 4 is 11.6 Å². The van der Waals surface area contributed by atoms with E-state index in [1.54, 1.807) is 12.1 Å². The average Bonchev–Trinajstić information content (AvgIpc) is 2.37. The molecule has 0 bridgehead atoms. The molecule has 19 heavy (non-hydrogen) atoms. The Kier molecular flexibility index (Phi) is 4.82. The van der Waals surface area contributed by atoms with E-state index < -0.39 is 5.82 Å². The predicted octanol–water partition coefficient (Wildman–Crippen LogP) is 5.28. The fourth-order valence-electron chi connectivity index (χ4n) is 2.95. The van der Waals surface area contributed by atoms with Gasteiger partial charge in [0.15, 0.2) is 0 Å². The van der Waals surface area contributed by atoms with E-state index in [0.29, 0.717) is 6.42 Å². The van der Waals surface area contributed by atoms with Crippen LogP contribution in [0.15, 0.2) is 18.2 Å². The standard InChI is InChI=1S/C16H19ClFN/c17-14-10-13(6-7-15(14)18)11-16(12-19)8-4-2-1-3-5-9-16/h6-7,10H,1-5,8-9,11H2. The van der Waals surface area contributed by atoms with Gasteiger partial charge in [0.2, 0.25) is 0 Å². The van der Waals surface area contributed by atoms with Gasteiger partial charge in [-0.25, -0.2) is 4.39 Å². The fourth-order valence-corrected chi connectivity index (χ4v) is 3.15. The van der Waals surface area contributed by atoms with Crippen LogP contribution < -0.4 is 0 Å². The van der Waals surface area contributed by atoms with Crippen LogP contribution in [0.1, 0.15) is 50.5 Å². The summed E-state index contributed by atoms with van der Waals surface area (Å²) >= 11 is 5.82. The van der Waals surface area contributed by atoms with Crippen molar-refractivity contribution in [2.75, 3.05) is 0 Å². The third kappa shape index (κ3) is 3.70. The lowest BCUT2D eigenvalue weighted by atomic mass is 9.73. The van der Waals surface area contributed by atoms with Gasteiger partial charge in [0.05, 0.1) is 16.5 Å². The smallest absolute Gasteiger partial charge is 0.141 e. The minimum absolute atomic E-state index is 0.149. The van der Waals surface area contributed by atoms with Gasteiger partial charge < -0.3 is 0 Å². The Morgan fingerprint density at radius 2 is 1.79 bits per heavy atom. The summed E-state index contributed by atoms with van der Waals surface area (Å²) < 4.78 is 13.2. The Labute approximate surface area is 119 Å². The van der Waals surface area contributed by atoms with Crippen LogP contribution in [0.2, 0.25) is 5.02 Å². The number of nitriles is 1. The van der Waals surface area contributed by atoms with Crippen LogP contribution in [0, 0.1) is 22.6 Å². The molecule has 0 heterocycles. The highest BCUT2D eigenvalue weighted by Gasteiger charge is 2.30. The summed E-state index contributed by atoms with van der Waals surface area (Å²) in [4.78, 5) is 0. The average molecular weight is 280 g/mol. The topological polar surface area (TPSA) is 23.8 Å². The molecule has 1 nitrogen and oxygen atoms in total. The summed E-state index contributed by atoms with van der Waals surface area (Å²) in [6.45, 7) is 0. The lowest BCUT2D eigenvalue weighted by molar-refractivity contribution is 0.287. The summed E-state index contributed by atoms with van der Waals surface area (Å²) in [5.74, 6) is -0.394. The van der Waals surface area contributed by atoms with Gasteiger partial charge in [-0.05, 0) is 37.0 Å². The molecular weight excluding hydrogens is 261 g/mol. The number of hydrogen-bond acceptors (Lipinski definition) is 1. The van der Waals surface area contributed by atoms with Gasteiger partial charge in [-0.1, -0.05) is 49.8 Å². The Bertz CT molecular complexity index is 470. The van der Waals surface area contributed by atoms with Gasteiger partial charge in [-0.2, -0.15) is 5.26 Å². The van der Waals surface area contributed by atoms with Crippen molar-refractivity contribution in [3.05, 3.63) is 34.6 Å². The second-order valence-electron chi connectivity index (χ2n) is 5.59. The summed E-state index contributed by atoms with van der Waals surface area (Å²) in [6, 6.07) is 7.34. The third-order valence-electron chi connectivity index (χ3n) is 4.07. The molecule has 1 aliphatic carbocycles. The number of nitrogens with zero attached hydrogens (tertiary/aromatic N) is 1. The molecule has 0 N–H and O–H groups in total. The lowest BCUT2D eigenvalue weighted by Crippen LogP contribution is -2.23. The van der Waals surface area contributed by atoms with Gasteiger partial charge in [0.1, 0.15) is 5.82 Å². The molecule has 0 saturated heterocycles. The van der Waals surface area contributed by atoms with E-state index in [-0.39, 0.29) is 10.4 Å². The van der Waals surface area contributed by atoms with Crippen LogP contribution in [0.5, 0.6) is 0 Å². The molecule has 0 spiro atoms. The van der Waals surface area contributed by atoms with E-state index in [2.05, 4.69) is 6.07 Å². The van der Waals surface area contributed by atoms with Crippen LogP contribution in [0.25, 0.3) is 0 Å². The van der Waals surface area contributed by atoms with E-state index in [1.165, 1.54) is 25.3 Å². The normalized spacial score (nSPS) is 19.2. The molecule has 1 aromatic carbocycles. The zero-order chi connectivity index (χ0) is 13.7. The maximum atomic E-state index is 13.2. The molecule has 0 aliphatic heterocycles. The quantitative estimate of drug-likeness (QED) is 0.723. The van der Waals surface area contributed by atoms with Crippen molar-refractivity contribution in [3.63, 3.8) is 0 Å². The summed E-state index contributed by atoms with van der Waals surface area (Å²) in [6.07, 6.45) is 8.51. The van der Waals surface area contributed by atoms with Crippen molar-refractivity contribution < 1.29 is 4.39 Å². The minimum atomic E-state index is -0.394. The number of hydrogen-bond donors (Lipinski definition) is 0. The van der Waals surface area contributed by atoms with Gasteiger partial charge >= 0.3 is 0 Å². The van der Waals surface area contributed by atoms with Crippen LogP contribution in [0.3, 0.4) is 0 Å². The molecular formula is C16H19ClFN. The Morgan fingerprint density at radius 3 is 2.37 bits per heavy atom. The van der Waals surface area contributed by atoms with E-state index in [0.717, 1.165) is 31.2 Å². The van der Waals surface area contributed by atoms with Crippen LogP contribution in [0.4, 0.5) is 4.39 Å². The van der Waals surface area contributed by atoms with E-state index >= 15 is 0 Å². The van der Waals surface area contributed by atoms with Crippen molar-refractivity contribution in [3.8, 4) is 6.07 Å². The first kappa shape index (κ1) is 14.3. The van der Waals surface area contributed by atoms with Crippen molar-refractivity contribution in [1.82, 2.24) is 0 Å². The molecule has 1 saturated carbocycles. The zero-order valence-corrected chi connectivity index (χ0v) is 11.8. The maximum absolute atomic E-state index is 13.2. The first-order valence-electron chi connectivity index (χ1n) is 7.00. The first-order valence-corrected chi connectivity index (χ1v) is 7.38. The zero-order valence-electron chi connectivity index (χ0n) is 11.1. The minimum Gasteiger partial charge on any atom is -0.205 e. The van der Waals surface area contributed by atoms with Crippen molar-refractivity contribution in [2.45, 2.75) is 51.4 Å². The second-order valence-corrected chi connectivity index (χ2v) is 5.99. The van der Waals surface area contributed by atoms with E-state index in [4.69, 9.17) is 11.6 Å². The third-order valence-corrected chi connectivity index (χ3v) is 4.36. The predicted molar refractivity (Wildman–Crippen MR) is 75.5 cm³/mol. The molecule has 0 unspecified atom stereocenters. The first-order chi connectivity index (χ1) is 9.15. The molecule has 0 radical (unpaired) electrons. The van der Waals surface area contributed by atoms with Crippen LogP contribution in [-0.4, -0.2) is 0 Å². The Hall–Kier alpha value is -1.07. The molecule has 0 aromatic heterocycles. The lowest BCUT2D eigenvalue weighted by Gasteiger charge is -2.28. The maximum Gasteiger partial charge on any atom is 0.141 e. The SMILES string of the molecule is N#CC1(Cc2ccc(F)c(Cl)c2)CCCCCCC1. The highest BCUT2D eigenvalue weighted by atomic mass is 35.5. The van der Waals surface area contributed by atoms with Crippen molar-refractivity contribution in [1.29, 1.82) is 5.26 Å². The molecule has 1 aliphatic rings. The largest absolute Gasteiger partial charge is 0.205 e. The monoisotopic (exact) mass is 279 g/mol. The number of benzene rings is 1. The van der Waals surface area contributed by atoms with E-state index in [1.807, 2.05) is 0 Å². The van der Waals surface area contributed by atoms with Crippen molar-refractivity contribution in [2.24, 2.45) is 5.41 Å². The summed E-state index contributed by atoms with van der Waals surface area (Å²) in [7, 11) is 0.